The Kier molecular flexibility index (Phi) is 8.63. The van der Waals surface area contributed by atoms with E-state index in [0.29, 0.717) is 30.0 Å². The second kappa shape index (κ2) is 13.0. The highest BCUT2D eigenvalue weighted by atomic mass is 32.2. The van der Waals surface area contributed by atoms with Crippen LogP contribution in [0.25, 0.3) is 44.3 Å². The van der Waals surface area contributed by atoms with Crippen LogP contribution in [-0.4, -0.2) is 95.2 Å². The van der Waals surface area contributed by atoms with E-state index in [1.54, 1.807) is 36.2 Å². The summed E-state index contributed by atoms with van der Waals surface area (Å²) < 4.78 is 85.5. The number of sulfonamides is 2. The quantitative estimate of drug-likeness (QED) is 0.158. The number of aromatic amines is 2. The van der Waals surface area contributed by atoms with Gasteiger partial charge >= 0.3 is 0 Å². The number of benzene rings is 4. The van der Waals surface area contributed by atoms with Gasteiger partial charge in [0.05, 0.1) is 16.3 Å². The molecule has 10 nitrogen and oxygen atoms in total. The number of anilines is 2. The monoisotopic (exact) mass is 758 g/mol. The molecule has 6 aromatic rings. The molecule has 2 saturated heterocycles. The summed E-state index contributed by atoms with van der Waals surface area (Å²) in [5.41, 5.74) is 5.93. The van der Waals surface area contributed by atoms with E-state index in [4.69, 9.17) is 0 Å². The first-order chi connectivity index (χ1) is 25.2. The molecule has 0 aliphatic carbocycles. The summed E-state index contributed by atoms with van der Waals surface area (Å²) in [5, 5.41) is 1.93. The molecule has 4 aromatic carbocycles. The van der Waals surface area contributed by atoms with E-state index in [1.807, 2.05) is 66.7 Å². The number of para-hydroxylation sites is 2. The Hall–Kier alpha value is -4.76. The Balaban J connectivity index is 1.05. The van der Waals surface area contributed by atoms with Gasteiger partial charge in [-0.25, -0.2) is 34.2 Å². The van der Waals surface area contributed by atoms with Crippen LogP contribution in [0.15, 0.2) is 107 Å². The zero-order valence-corrected chi connectivity index (χ0v) is 31.2. The van der Waals surface area contributed by atoms with Crippen molar-refractivity contribution in [1.82, 2.24) is 18.6 Å². The van der Waals surface area contributed by atoms with Crippen LogP contribution in [0.4, 0.5) is 20.2 Å². The van der Waals surface area contributed by atoms with Crippen LogP contribution in [0.3, 0.4) is 0 Å². The Bertz CT molecular complexity index is 2510. The molecule has 14 heteroatoms. The van der Waals surface area contributed by atoms with Crippen molar-refractivity contribution < 1.29 is 25.6 Å². The first-order valence-electron chi connectivity index (χ1n) is 17.4. The molecule has 53 heavy (non-hydrogen) atoms. The zero-order valence-electron chi connectivity index (χ0n) is 29.6. The highest BCUT2D eigenvalue weighted by Gasteiger charge is 2.40. The topological polar surface area (TPSA) is 113 Å². The van der Waals surface area contributed by atoms with Crippen molar-refractivity contribution in [3.63, 3.8) is 0 Å². The molecule has 0 unspecified atom stereocenters. The zero-order chi connectivity index (χ0) is 37.3. The standard InChI is InChI=1S/C39H40F2N6O4S2/c1-44(2)52(48,49)29-12-15-38(32(20-29)36-19-28-9-5-7-11-34(28)43-36)47-23-26(24-47)22-45(3)53(50,51)30-13-14-37(46-17-16-39(40,41)25-46)31(21-30)35-18-27-8-4-6-10-33(27)42-35/h4-15,18-21,26,42-43H,16-17,22-25H2,1-3H3. The van der Waals surface area contributed by atoms with Gasteiger partial charge in [0.25, 0.3) is 5.92 Å². The Labute approximate surface area is 307 Å². The van der Waals surface area contributed by atoms with Crippen molar-refractivity contribution in [3.8, 4) is 22.5 Å². The van der Waals surface area contributed by atoms with E-state index in [2.05, 4.69) is 14.9 Å². The number of H-pyrrole nitrogens is 2. The second-order valence-corrected chi connectivity index (χ2v) is 18.5. The van der Waals surface area contributed by atoms with Crippen LogP contribution in [0.1, 0.15) is 6.42 Å². The number of hydrogen-bond donors (Lipinski definition) is 2. The minimum absolute atomic E-state index is 0.00908. The number of rotatable bonds is 10. The smallest absolute Gasteiger partial charge is 0.266 e. The molecule has 0 saturated carbocycles. The maximum Gasteiger partial charge on any atom is 0.266 e. The van der Waals surface area contributed by atoms with E-state index < -0.39 is 32.5 Å². The average molecular weight is 759 g/mol. The summed E-state index contributed by atoms with van der Waals surface area (Å²) in [6.45, 7) is 1.13. The lowest BCUT2D eigenvalue weighted by Gasteiger charge is -2.43. The maximum atomic E-state index is 14.3. The second-order valence-electron chi connectivity index (χ2n) is 14.3. The van der Waals surface area contributed by atoms with E-state index in [-0.39, 0.29) is 35.2 Å². The lowest BCUT2D eigenvalue weighted by Crippen LogP contribution is -2.52. The van der Waals surface area contributed by atoms with Crippen molar-refractivity contribution in [2.24, 2.45) is 5.92 Å². The van der Waals surface area contributed by atoms with Gasteiger partial charge in [0.1, 0.15) is 0 Å². The average Bonchev–Trinajstić information content (AvgIpc) is 3.85. The molecule has 276 valence electrons. The highest BCUT2D eigenvalue weighted by molar-refractivity contribution is 7.89. The third-order valence-electron chi connectivity index (χ3n) is 10.4. The summed E-state index contributed by atoms with van der Waals surface area (Å²) in [7, 11) is -3.08. The van der Waals surface area contributed by atoms with Gasteiger partial charge in [0, 0.05) is 115 Å². The SMILES string of the molecule is CN(C)S(=O)(=O)c1ccc(N2CC(CN(C)S(=O)(=O)c3ccc(N4CCC(F)(F)C4)c(-c4cc5ccccc5[nH]4)c3)C2)c(-c2cc3ccccc3[nH]2)c1. The van der Waals surface area contributed by atoms with Crippen LogP contribution in [0.2, 0.25) is 0 Å². The maximum absolute atomic E-state index is 14.3. The minimum atomic E-state index is -3.95. The first kappa shape index (κ1) is 35.3. The Morgan fingerprint density at radius 2 is 1.21 bits per heavy atom. The molecule has 0 atom stereocenters. The van der Waals surface area contributed by atoms with Crippen molar-refractivity contribution >= 4 is 53.2 Å². The van der Waals surface area contributed by atoms with E-state index >= 15 is 0 Å². The number of nitrogens with one attached hydrogen (secondary N) is 2. The number of alkyl halides is 2. The molecule has 0 radical (unpaired) electrons. The molecule has 2 aliphatic rings. The number of halogens is 2. The fourth-order valence-electron chi connectivity index (χ4n) is 7.45. The van der Waals surface area contributed by atoms with Crippen molar-refractivity contribution in [2.75, 3.05) is 63.7 Å². The van der Waals surface area contributed by atoms with E-state index in [9.17, 15) is 25.6 Å². The van der Waals surface area contributed by atoms with E-state index in [0.717, 1.165) is 38.8 Å². The van der Waals surface area contributed by atoms with E-state index in [1.165, 1.54) is 28.8 Å². The molecule has 2 N–H and O–H groups in total. The number of hydrogen-bond acceptors (Lipinski definition) is 6. The lowest BCUT2D eigenvalue weighted by molar-refractivity contribution is 0.0257. The van der Waals surface area contributed by atoms with Crippen LogP contribution >= 0.6 is 0 Å². The molecule has 2 aromatic heterocycles. The summed E-state index contributed by atoms with van der Waals surface area (Å²) in [5.74, 6) is -2.81. The minimum Gasteiger partial charge on any atom is -0.370 e. The molecule has 0 bridgehead atoms. The fourth-order valence-corrected chi connectivity index (χ4v) is 9.65. The summed E-state index contributed by atoms with van der Waals surface area (Å²) >= 11 is 0. The van der Waals surface area contributed by atoms with Gasteiger partial charge in [-0.05, 0) is 60.7 Å². The molecule has 2 aliphatic heterocycles. The highest BCUT2D eigenvalue weighted by Crippen LogP contribution is 2.41. The fraction of sp³-hybridized carbons (Fsp3) is 0.282. The Morgan fingerprint density at radius 1 is 0.698 bits per heavy atom. The third kappa shape index (κ3) is 6.47. The molecule has 0 amide bonds. The van der Waals surface area contributed by atoms with Crippen molar-refractivity contribution in [3.05, 3.63) is 97.1 Å². The van der Waals surface area contributed by atoms with Crippen molar-refractivity contribution in [1.29, 1.82) is 0 Å². The van der Waals surface area contributed by atoms with Gasteiger partial charge in [0.2, 0.25) is 20.0 Å². The van der Waals surface area contributed by atoms with Crippen LogP contribution in [0.5, 0.6) is 0 Å². The van der Waals surface area contributed by atoms with Crippen molar-refractivity contribution in [2.45, 2.75) is 22.1 Å². The molecule has 0 spiro atoms. The summed E-state index contributed by atoms with van der Waals surface area (Å²) in [6, 6.07) is 29.3. The molecular weight excluding hydrogens is 719 g/mol. The Morgan fingerprint density at radius 3 is 1.70 bits per heavy atom. The summed E-state index contributed by atoms with van der Waals surface area (Å²) in [6.07, 6.45) is -0.261. The van der Waals surface area contributed by atoms with Crippen LogP contribution in [-0.2, 0) is 20.0 Å². The van der Waals surface area contributed by atoms with Crippen LogP contribution < -0.4 is 9.80 Å². The predicted octanol–water partition coefficient (Wildman–Crippen LogP) is 6.84. The molecule has 8 rings (SSSR count). The third-order valence-corrected chi connectivity index (χ3v) is 14.0. The van der Waals surface area contributed by atoms with Gasteiger partial charge in [0.15, 0.2) is 0 Å². The van der Waals surface area contributed by atoms with Gasteiger partial charge < -0.3 is 19.8 Å². The van der Waals surface area contributed by atoms with Gasteiger partial charge in [-0.2, -0.15) is 0 Å². The lowest BCUT2D eigenvalue weighted by atomic mass is 9.97. The van der Waals surface area contributed by atoms with Gasteiger partial charge in [-0.15, -0.1) is 0 Å². The molecular formula is C39H40F2N6O4S2. The number of nitrogens with zero attached hydrogens (tertiary/aromatic N) is 4. The molecule has 4 heterocycles. The first-order valence-corrected chi connectivity index (χ1v) is 20.3. The number of aromatic nitrogens is 2. The van der Waals surface area contributed by atoms with Gasteiger partial charge in [-0.3, -0.25) is 0 Å². The van der Waals surface area contributed by atoms with Crippen LogP contribution in [0, 0.1) is 5.92 Å². The summed E-state index contributed by atoms with van der Waals surface area (Å²) in [4.78, 5) is 10.8. The normalized spacial score (nSPS) is 16.7. The molecule has 2 fully saturated rings. The number of fused-ring (bicyclic) bond motifs is 2. The van der Waals surface area contributed by atoms with Gasteiger partial charge in [-0.1, -0.05) is 36.4 Å². The largest absolute Gasteiger partial charge is 0.370 e. The predicted molar refractivity (Wildman–Crippen MR) is 206 cm³/mol.